The number of rotatable bonds is 8. The topological polar surface area (TPSA) is 74.8 Å². The van der Waals surface area contributed by atoms with E-state index in [-0.39, 0.29) is 11.1 Å². The van der Waals surface area contributed by atoms with Gasteiger partial charge in [-0.3, -0.25) is 29.0 Å². The number of fused-ring (bicyclic) bond motifs is 2. The van der Waals surface area contributed by atoms with Gasteiger partial charge in [0.1, 0.15) is 0 Å². The van der Waals surface area contributed by atoms with Crippen LogP contribution >= 0.6 is 0 Å². The fourth-order valence-electron chi connectivity index (χ4n) is 6.04. The molecule has 0 radical (unpaired) electrons. The number of alkyl halides is 6. The van der Waals surface area contributed by atoms with E-state index < -0.39 is 74.7 Å². The first-order valence-electron chi connectivity index (χ1n) is 14.0. The molecule has 4 amide bonds. The van der Waals surface area contributed by atoms with Gasteiger partial charge >= 0.3 is 12.4 Å². The Morgan fingerprint density at radius 2 is 0.791 bits per heavy atom. The van der Waals surface area contributed by atoms with E-state index in [0.29, 0.717) is 49.9 Å². The molecule has 0 bridgehead atoms. The van der Waals surface area contributed by atoms with E-state index in [1.807, 2.05) is 0 Å². The molecular formula is C31H32F6N2O4. The number of amides is 4. The van der Waals surface area contributed by atoms with Crippen LogP contribution in [0, 0.1) is 0 Å². The highest BCUT2D eigenvalue weighted by atomic mass is 19.4. The summed E-state index contributed by atoms with van der Waals surface area (Å²) in [5.74, 6) is -3.59. The normalized spacial score (nSPS) is 16.4. The van der Waals surface area contributed by atoms with Crippen LogP contribution in [-0.4, -0.2) is 56.9 Å². The number of imide groups is 2. The van der Waals surface area contributed by atoms with E-state index in [0.717, 1.165) is 21.9 Å². The minimum absolute atomic E-state index is 0.302. The first-order chi connectivity index (χ1) is 19.8. The molecule has 2 aromatic carbocycles. The molecule has 0 saturated carbocycles. The zero-order valence-electron chi connectivity index (χ0n) is 24.6. The second-order valence-corrected chi connectivity index (χ2v) is 11.6. The Morgan fingerprint density at radius 3 is 1.05 bits per heavy atom. The zero-order chi connectivity index (χ0) is 32.5. The van der Waals surface area contributed by atoms with Gasteiger partial charge in [-0.25, -0.2) is 0 Å². The molecule has 0 unspecified atom stereocenters. The summed E-state index contributed by atoms with van der Waals surface area (Å²) in [6.45, 7) is 10.1. The van der Waals surface area contributed by atoms with Crippen molar-refractivity contribution >= 4 is 23.6 Å². The summed E-state index contributed by atoms with van der Waals surface area (Å²) in [4.78, 5) is 54.8. The number of benzene rings is 2. The molecule has 0 fully saturated rings. The largest absolute Gasteiger partial charge is 0.411 e. The maximum absolute atomic E-state index is 15.0. The van der Waals surface area contributed by atoms with Crippen molar-refractivity contribution in [3.8, 4) is 0 Å². The molecule has 0 aromatic heterocycles. The molecule has 2 aromatic rings. The Hall–Kier alpha value is -3.70. The minimum atomic E-state index is -6.02. The van der Waals surface area contributed by atoms with Crippen molar-refractivity contribution in [2.45, 2.75) is 96.1 Å². The highest BCUT2D eigenvalue weighted by molar-refractivity contribution is 6.22. The van der Waals surface area contributed by atoms with Gasteiger partial charge in [0.05, 0.1) is 22.3 Å². The first kappa shape index (κ1) is 32.2. The molecule has 43 heavy (non-hydrogen) atoms. The molecule has 4 rings (SSSR count). The van der Waals surface area contributed by atoms with Gasteiger partial charge < -0.3 is 0 Å². The average Bonchev–Trinajstić information content (AvgIpc) is 3.35. The monoisotopic (exact) mass is 610 g/mol. The smallest absolute Gasteiger partial charge is 0.269 e. The second kappa shape index (κ2) is 10.2. The summed E-state index contributed by atoms with van der Waals surface area (Å²) in [5, 5.41) is 0. The zero-order valence-corrected chi connectivity index (χ0v) is 24.6. The van der Waals surface area contributed by atoms with Crippen LogP contribution in [0.1, 0.15) is 120 Å². The minimum Gasteiger partial charge on any atom is -0.269 e. The third-order valence-electron chi connectivity index (χ3n) is 9.62. The average molecular weight is 611 g/mol. The lowest BCUT2D eigenvalue weighted by Gasteiger charge is -2.38. The van der Waals surface area contributed by atoms with Gasteiger partial charge in [0.15, 0.2) is 0 Å². The first-order valence-corrected chi connectivity index (χ1v) is 14.0. The van der Waals surface area contributed by atoms with Crippen molar-refractivity contribution in [1.29, 1.82) is 0 Å². The van der Waals surface area contributed by atoms with E-state index in [9.17, 15) is 45.5 Å². The summed E-state index contributed by atoms with van der Waals surface area (Å²) >= 11 is 0. The maximum atomic E-state index is 15.0. The van der Waals surface area contributed by atoms with Crippen LogP contribution in [0.4, 0.5) is 26.3 Å². The SMILES string of the molecule is CCC(C)(CC)N1C(=O)c2ccc(C(c3ccc4c(c3)C(=O)N(C(C)(CC)CC)C4=O)(C(F)(F)F)C(F)(F)F)cc2C1=O. The van der Waals surface area contributed by atoms with Crippen LogP contribution < -0.4 is 0 Å². The summed E-state index contributed by atoms with van der Waals surface area (Å²) in [7, 11) is 0. The van der Waals surface area contributed by atoms with E-state index in [4.69, 9.17) is 0 Å². The van der Waals surface area contributed by atoms with Gasteiger partial charge in [-0.1, -0.05) is 39.8 Å². The Kier molecular flexibility index (Phi) is 7.64. The van der Waals surface area contributed by atoms with Crippen LogP contribution in [-0.2, 0) is 5.41 Å². The van der Waals surface area contributed by atoms with Crippen LogP contribution in [0.2, 0.25) is 0 Å². The molecule has 0 saturated heterocycles. The highest BCUT2D eigenvalue weighted by Gasteiger charge is 2.73. The van der Waals surface area contributed by atoms with Crippen LogP contribution in [0.3, 0.4) is 0 Å². The summed E-state index contributed by atoms with van der Waals surface area (Å²) < 4.78 is 90.0. The number of halogens is 6. The molecule has 2 aliphatic rings. The van der Waals surface area contributed by atoms with Crippen molar-refractivity contribution in [3.05, 3.63) is 69.8 Å². The Morgan fingerprint density at radius 1 is 0.512 bits per heavy atom. The number of hydrogen-bond acceptors (Lipinski definition) is 4. The molecule has 0 aliphatic carbocycles. The van der Waals surface area contributed by atoms with Crippen molar-refractivity contribution in [1.82, 2.24) is 9.80 Å². The predicted octanol–water partition coefficient (Wildman–Crippen LogP) is 7.45. The van der Waals surface area contributed by atoms with Gasteiger partial charge in [0.2, 0.25) is 5.41 Å². The maximum Gasteiger partial charge on any atom is 0.411 e. The number of carbonyl (C=O) groups is 4. The van der Waals surface area contributed by atoms with Crippen molar-refractivity contribution in [3.63, 3.8) is 0 Å². The van der Waals surface area contributed by atoms with E-state index >= 15 is 0 Å². The number of nitrogens with zero attached hydrogens (tertiary/aromatic N) is 2. The van der Waals surface area contributed by atoms with Gasteiger partial charge in [0, 0.05) is 11.1 Å². The third kappa shape index (κ3) is 4.30. The van der Waals surface area contributed by atoms with Crippen molar-refractivity contribution < 1.29 is 45.5 Å². The van der Waals surface area contributed by atoms with E-state index in [2.05, 4.69) is 0 Å². The molecule has 0 N–H and O–H groups in total. The fourth-order valence-corrected chi connectivity index (χ4v) is 6.04. The van der Waals surface area contributed by atoms with Crippen molar-refractivity contribution in [2.24, 2.45) is 0 Å². The van der Waals surface area contributed by atoms with Gasteiger partial charge in [-0.05, 0) is 74.9 Å². The third-order valence-corrected chi connectivity index (χ3v) is 9.62. The summed E-state index contributed by atoms with van der Waals surface area (Å²) in [5.41, 5.74) is -11.2. The molecular weight excluding hydrogens is 578 g/mol. The summed E-state index contributed by atoms with van der Waals surface area (Å²) in [6, 6.07) is 3.64. The Balaban J connectivity index is 1.98. The molecule has 2 aliphatic heterocycles. The van der Waals surface area contributed by atoms with Crippen LogP contribution in [0.5, 0.6) is 0 Å². The molecule has 0 spiro atoms. The molecule has 12 heteroatoms. The predicted molar refractivity (Wildman–Crippen MR) is 145 cm³/mol. The Bertz CT molecular complexity index is 1410. The quantitative estimate of drug-likeness (QED) is 0.230. The lowest BCUT2D eigenvalue weighted by atomic mass is 9.71. The highest BCUT2D eigenvalue weighted by Crippen LogP contribution is 2.57. The number of hydrogen-bond donors (Lipinski definition) is 0. The van der Waals surface area contributed by atoms with Crippen molar-refractivity contribution in [2.75, 3.05) is 0 Å². The molecule has 6 nitrogen and oxygen atoms in total. The standard InChI is InChI=1S/C31H32F6N2O4/c1-7-27(5,8-2)38-23(40)19-13-11-17(15-21(19)25(38)42)29(30(32,33)34,31(35,36)37)18-12-14-20-22(16-18)26(43)39(24(20)41)28(6,9-3)10-4/h11-16H,7-10H2,1-6H3. The van der Waals surface area contributed by atoms with Crippen LogP contribution in [0.15, 0.2) is 36.4 Å². The fraction of sp³-hybridized carbons (Fsp3) is 0.484. The van der Waals surface area contributed by atoms with E-state index in [1.165, 1.54) is 0 Å². The lowest BCUT2D eigenvalue weighted by Crippen LogP contribution is -2.55. The van der Waals surface area contributed by atoms with Gasteiger partial charge in [0.25, 0.3) is 23.6 Å². The van der Waals surface area contributed by atoms with Crippen LogP contribution in [0.25, 0.3) is 0 Å². The summed E-state index contributed by atoms with van der Waals surface area (Å²) in [6.07, 6.45) is -10.8. The molecule has 2 heterocycles. The molecule has 232 valence electrons. The number of carbonyl (C=O) groups excluding carboxylic acids is 4. The Labute approximate surface area is 245 Å². The second-order valence-electron chi connectivity index (χ2n) is 11.6. The lowest BCUT2D eigenvalue weighted by molar-refractivity contribution is -0.288. The van der Waals surface area contributed by atoms with Gasteiger partial charge in [-0.2, -0.15) is 26.3 Å². The molecule has 0 atom stereocenters. The van der Waals surface area contributed by atoms with Gasteiger partial charge in [-0.15, -0.1) is 0 Å². The van der Waals surface area contributed by atoms with E-state index in [1.54, 1.807) is 41.5 Å².